The van der Waals surface area contributed by atoms with Gasteiger partial charge in [0.25, 0.3) is 0 Å². The summed E-state index contributed by atoms with van der Waals surface area (Å²) in [5, 5.41) is 9.32. The van der Waals surface area contributed by atoms with Gasteiger partial charge in [0.15, 0.2) is 0 Å². The standard InChI is InChI=1S/C11H20N2O4/c1-10(2,3)17-9(16)11(8(14)15)5-7(12)6-13(11)4/h7H,5-6,12H2,1-4H3,(H,14,15). The molecule has 6 heteroatoms. The molecule has 0 radical (unpaired) electrons. The lowest BCUT2D eigenvalue weighted by Gasteiger charge is -2.32. The number of hydrogen-bond acceptors (Lipinski definition) is 5. The lowest BCUT2D eigenvalue weighted by atomic mass is 9.95. The second kappa shape index (κ2) is 4.27. The molecule has 1 fully saturated rings. The number of likely N-dealkylation sites (tertiary alicyclic amines) is 1. The summed E-state index contributed by atoms with van der Waals surface area (Å²) in [4.78, 5) is 24.9. The number of likely N-dealkylation sites (N-methyl/N-ethyl adjacent to an activating group) is 1. The van der Waals surface area contributed by atoms with Crippen molar-refractivity contribution in [3.8, 4) is 0 Å². The van der Waals surface area contributed by atoms with E-state index < -0.39 is 23.1 Å². The SMILES string of the molecule is CN1CC(N)CC1(C(=O)O)C(=O)OC(C)(C)C. The molecule has 0 saturated carbocycles. The highest BCUT2D eigenvalue weighted by Gasteiger charge is 2.57. The predicted molar refractivity (Wildman–Crippen MR) is 61.4 cm³/mol. The van der Waals surface area contributed by atoms with Crippen LogP contribution in [0.3, 0.4) is 0 Å². The quantitative estimate of drug-likeness (QED) is 0.517. The van der Waals surface area contributed by atoms with E-state index in [9.17, 15) is 14.7 Å². The fraction of sp³-hybridized carbons (Fsp3) is 0.818. The number of carboxylic acids is 1. The Morgan fingerprint density at radius 2 is 2.00 bits per heavy atom. The molecule has 3 N–H and O–H groups in total. The summed E-state index contributed by atoms with van der Waals surface area (Å²) >= 11 is 0. The first kappa shape index (κ1) is 13.9. The van der Waals surface area contributed by atoms with Crippen LogP contribution < -0.4 is 5.73 Å². The second-order valence-electron chi connectivity index (χ2n) is 5.51. The molecule has 98 valence electrons. The highest BCUT2D eigenvalue weighted by molar-refractivity contribution is 6.04. The maximum atomic E-state index is 12.1. The Bertz CT molecular complexity index is 337. The number of nitrogens with two attached hydrogens (primary N) is 1. The van der Waals surface area contributed by atoms with Crippen molar-refractivity contribution in [1.82, 2.24) is 4.90 Å². The van der Waals surface area contributed by atoms with E-state index in [0.717, 1.165) is 0 Å². The lowest BCUT2D eigenvalue weighted by molar-refractivity contribution is -0.176. The van der Waals surface area contributed by atoms with Crippen molar-refractivity contribution in [2.24, 2.45) is 5.73 Å². The van der Waals surface area contributed by atoms with Gasteiger partial charge in [-0.2, -0.15) is 0 Å². The van der Waals surface area contributed by atoms with Gasteiger partial charge >= 0.3 is 11.9 Å². The van der Waals surface area contributed by atoms with Crippen molar-refractivity contribution in [2.75, 3.05) is 13.6 Å². The van der Waals surface area contributed by atoms with Gasteiger partial charge in [0.2, 0.25) is 5.54 Å². The van der Waals surface area contributed by atoms with Gasteiger partial charge < -0.3 is 15.6 Å². The van der Waals surface area contributed by atoms with Gasteiger partial charge in [0, 0.05) is 19.0 Å². The fourth-order valence-electron chi connectivity index (χ4n) is 2.05. The third-order valence-corrected chi connectivity index (χ3v) is 2.81. The van der Waals surface area contributed by atoms with Crippen LogP contribution >= 0.6 is 0 Å². The van der Waals surface area contributed by atoms with E-state index in [4.69, 9.17) is 10.5 Å². The number of nitrogens with zero attached hydrogens (tertiary/aromatic N) is 1. The first-order chi connectivity index (χ1) is 7.59. The van der Waals surface area contributed by atoms with Crippen LogP contribution in [0.5, 0.6) is 0 Å². The van der Waals surface area contributed by atoms with Crippen molar-refractivity contribution in [3.05, 3.63) is 0 Å². The van der Waals surface area contributed by atoms with E-state index in [1.165, 1.54) is 4.90 Å². The maximum Gasteiger partial charge on any atom is 0.338 e. The zero-order valence-corrected chi connectivity index (χ0v) is 10.7. The number of aliphatic carboxylic acids is 1. The van der Waals surface area contributed by atoms with Crippen LogP contribution in [0.1, 0.15) is 27.2 Å². The molecule has 1 aliphatic heterocycles. The van der Waals surface area contributed by atoms with Crippen molar-refractivity contribution in [1.29, 1.82) is 0 Å². The third kappa shape index (κ3) is 2.58. The number of rotatable bonds is 2. The summed E-state index contributed by atoms with van der Waals surface area (Å²) < 4.78 is 5.19. The summed E-state index contributed by atoms with van der Waals surface area (Å²) in [6.07, 6.45) is 0.0771. The van der Waals surface area contributed by atoms with E-state index in [0.29, 0.717) is 6.54 Å². The molecule has 0 bridgehead atoms. The summed E-state index contributed by atoms with van der Waals surface area (Å²) in [7, 11) is 1.57. The third-order valence-electron chi connectivity index (χ3n) is 2.81. The Labute approximate surface area is 101 Å². The molecule has 1 saturated heterocycles. The highest BCUT2D eigenvalue weighted by atomic mass is 16.6. The van der Waals surface area contributed by atoms with Gasteiger partial charge in [0.05, 0.1) is 0 Å². The number of carboxylic acid groups (broad SMARTS) is 1. The predicted octanol–water partition coefficient (Wildman–Crippen LogP) is -0.186. The number of hydrogen-bond donors (Lipinski definition) is 2. The molecule has 1 heterocycles. The van der Waals surface area contributed by atoms with Crippen LogP contribution in [0.15, 0.2) is 0 Å². The zero-order valence-electron chi connectivity index (χ0n) is 10.7. The molecule has 2 unspecified atom stereocenters. The Balaban J connectivity index is 3.02. The molecule has 0 aliphatic carbocycles. The summed E-state index contributed by atoms with van der Waals surface area (Å²) in [5.41, 5.74) is 3.37. The van der Waals surface area contributed by atoms with Crippen LogP contribution in [0.4, 0.5) is 0 Å². The normalized spacial score (nSPS) is 30.3. The Morgan fingerprint density at radius 1 is 1.47 bits per heavy atom. The fourth-order valence-corrected chi connectivity index (χ4v) is 2.05. The molecule has 1 rings (SSSR count). The molecule has 17 heavy (non-hydrogen) atoms. The summed E-state index contributed by atoms with van der Waals surface area (Å²) in [6, 6.07) is -0.330. The topological polar surface area (TPSA) is 92.9 Å². The molecular weight excluding hydrogens is 224 g/mol. The van der Waals surface area contributed by atoms with Crippen LogP contribution in [0.2, 0.25) is 0 Å². The number of carbonyl (C=O) groups excluding carboxylic acids is 1. The molecule has 0 aromatic carbocycles. The van der Waals surface area contributed by atoms with E-state index in [1.807, 2.05) is 0 Å². The molecule has 0 aromatic rings. The van der Waals surface area contributed by atoms with Crippen LogP contribution in [-0.4, -0.2) is 52.7 Å². The zero-order chi connectivity index (χ0) is 13.4. The molecule has 0 aromatic heterocycles. The van der Waals surface area contributed by atoms with E-state index in [-0.39, 0.29) is 12.5 Å². The van der Waals surface area contributed by atoms with Crippen LogP contribution in [0.25, 0.3) is 0 Å². The number of ether oxygens (including phenoxy) is 1. The van der Waals surface area contributed by atoms with Gasteiger partial charge in [-0.05, 0) is 27.8 Å². The monoisotopic (exact) mass is 244 g/mol. The Morgan fingerprint density at radius 3 is 2.29 bits per heavy atom. The molecular formula is C11H20N2O4. The van der Waals surface area contributed by atoms with Crippen molar-refractivity contribution in [2.45, 2.75) is 44.4 Å². The summed E-state index contributed by atoms with van der Waals surface area (Å²) in [5.74, 6) is -1.95. The Kier molecular flexibility index (Phi) is 3.50. The second-order valence-corrected chi connectivity index (χ2v) is 5.51. The minimum absolute atomic E-state index is 0.0771. The lowest BCUT2D eigenvalue weighted by Crippen LogP contribution is -2.57. The number of carbonyl (C=O) groups is 2. The molecule has 2 atom stereocenters. The van der Waals surface area contributed by atoms with Gasteiger partial charge in [0.1, 0.15) is 5.60 Å². The molecule has 0 amide bonds. The first-order valence-electron chi connectivity index (χ1n) is 5.53. The van der Waals surface area contributed by atoms with E-state index >= 15 is 0 Å². The minimum Gasteiger partial charge on any atom is -0.479 e. The first-order valence-corrected chi connectivity index (χ1v) is 5.53. The van der Waals surface area contributed by atoms with Gasteiger partial charge in [-0.1, -0.05) is 0 Å². The van der Waals surface area contributed by atoms with Gasteiger partial charge in [-0.3, -0.25) is 4.90 Å². The largest absolute Gasteiger partial charge is 0.479 e. The van der Waals surface area contributed by atoms with E-state index in [2.05, 4.69) is 0 Å². The smallest absolute Gasteiger partial charge is 0.338 e. The Hall–Kier alpha value is -1.14. The van der Waals surface area contributed by atoms with Gasteiger partial charge in [-0.25, -0.2) is 9.59 Å². The van der Waals surface area contributed by atoms with Crippen molar-refractivity contribution in [3.63, 3.8) is 0 Å². The molecule has 1 aliphatic rings. The summed E-state index contributed by atoms with van der Waals surface area (Å²) in [6.45, 7) is 5.48. The van der Waals surface area contributed by atoms with Crippen molar-refractivity contribution < 1.29 is 19.4 Å². The number of esters is 1. The van der Waals surface area contributed by atoms with Crippen molar-refractivity contribution >= 4 is 11.9 Å². The van der Waals surface area contributed by atoms with E-state index in [1.54, 1.807) is 27.8 Å². The van der Waals surface area contributed by atoms with Crippen LogP contribution in [0, 0.1) is 0 Å². The molecule has 0 spiro atoms. The highest BCUT2D eigenvalue weighted by Crippen LogP contribution is 2.30. The average Bonchev–Trinajstić information content (AvgIpc) is 2.38. The van der Waals surface area contributed by atoms with Gasteiger partial charge in [-0.15, -0.1) is 0 Å². The minimum atomic E-state index is -1.65. The van der Waals surface area contributed by atoms with Crippen LogP contribution in [-0.2, 0) is 14.3 Å². The maximum absolute atomic E-state index is 12.1. The average molecular weight is 244 g/mol. The molecule has 6 nitrogen and oxygen atoms in total.